The lowest BCUT2D eigenvalue weighted by Gasteiger charge is -2.13. The first-order valence-electron chi connectivity index (χ1n) is 5.00. The first-order valence-corrected chi connectivity index (χ1v) is 5.00. The third-order valence-electron chi connectivity index (χ3n) is 2.35. The highest BCUT2D eigenvalue weighted by molar-refractivity contribution is 5.46. The molecule has 1 rings (SSSR count). The van der Waals surface area contributed by atoms with Crippen molar-refractivity contribution in [3.05, 3.63) is 29.8 Å². The Morgan fingerprint density at radius 2 is 1.79 bits per heavy atom. The van der Waals surface area contributed by atoms with E-state index in [4.69, 9.17) is 5.11 Å². The molecule has 1 atom stereocenters. The first kappa shape index (κ1) is 11.1. The van der Waals surface area contributed by atoms with E-state index in [9.17, 15) is 0 Å². The van der Waals surface area contributed by atoms with Gasteiger partial charge in [-0.3, -0.25) is 0 Å². The second-order valence-corrected chi connectivity index (χ2v) is 4.05. The predicted molar refractivity (Wildman–Crippen MR) is 60.7 cm³/mol. The van der Waals surface area contributed by atoms with Crippen molar-refractivity contribution in [2.45, 2.75) is 13.3 Å². The van der Waals surface area contributed by atoms with Gasteiger partial charge < -0.3 is 10.0 Å². The van der Waals surface area contributed by atoms with Gasteiger partial charge in [-0.15, -0.1) is 0 Å². The minimum absolute atomic E-state index is 0.259. The van der Waals surface area contributed by atoms with E-state index in [0.29, 0.717) is 5.92 Å². The summed E-state index contributed by atoms with van der Waals surface area (Å²) in [6.45, 7) is 2.31. The monoisotopic (exact) mass is 193 g/mol. The molecular weight excluding hydrogens is 174 g/mol. The highest BCUT2D eigenvalue weighted by Crippen LogP contribution is 2.14. The van der Waals surface area contributed by atoms with Gasteiger partial charge in [-0.25, -0.2) is 0 Å². The first-order chi connectivity index (χ1) is 6.63. The molecule has 0 fully saturated rings. The Hall–Kier alpha value is -1.02. The zero-order valence-corrected chi connectivity index (χ0v) is 9.20. The second kappa shape index (κ2) is 5.01. The fourth-order valence-electron chi connectivity index (χ4n) is 1.40. The van der Waals surface area contributed by atoms with Gasteiger partial charge >= 0.3 is 0 Å². The number of rotatable bonds is 4. The third kappa shape index (κ3) is 3.04. The molecule has 1 aromatic rings. The van der Waals surface area contributed by atoms with E-state index in [0.717, 1.165) is 6.42 Å². The van der Waals surface area contributed by atoms with Crippen LogP contribution in [-0.4, -0.2) is 25.8 Å². The molecule has 2 nitrogen and oxygen atoms in total. The number of anilines is 1. The topological polar surface area (TPSA) is 23.5 Å². The van der Waals surface area contributed by atoms with Crippen LogP contribution in [0.5, 0.6) is 0 Å². The van der Waals surface area contributed by atoms with Gasteiger partial charge in [-0.1, -0.05) is 19.1 Å². The average molecular weight is 193 g/mol. The van der Waals surface area contributed by atoms with Crippen LogP contribution in [0, 0.1) is 5.92 Å². The Kier molecular flexibility index (Phi) is 3.96. The molecule has 0 aliphatic heterocycles. The number of hydrogen-bond acceptors (Lipinski definition) is 2. The Morgan fingerprint density at radius 3 is 2.21 bits per heavy atom. The third-order valence-corrected chi connectivity index (χ3v) is 2.35. The van der Waals surface area contributed by atoms with Gasteiger partial charge in [-0.05, 0) is 30.0 Å². The lowest BCUT2D eigenvalue weighted by atomic mass is 10.0. The molecule has 0 radical (unpaired) electrons. The quantitative estimate of drug-likeness (QED) is 0.789. The summed E-state index contributed by atoms with van der Waals surface area (Å²) in [5, 5.41) is 8.93. The molecule has 1 N–H and O–H groups in total. The van der Waals surface area contributed by atoms with Gasteiger partial charge in [0.05, 0.1) is 0 Å². The van der Waals surface area contributed by atoms with Crippen LogP contribution in [0.2, 0.25) is 0 Å². The second-order valence-electron chi connectivity index (χ2n) is 4.05. The molecule has 78 valence electrons. The average Bonchev–Trinajstić information content (AvgIpc) is 2.18. The zero-order chi connectivity index (χ0) is 10.6. The largest absolute Gasteiger partial charge is 0.396 e. The highest BCUT2D eigenvalue weighted by Gasteiger charge is 2.02. The van der Waals surface area contributed by atoms with E-state index in [1.807, 2.05) is 14.1 Å². The van der Waals surface area contributed by atoms with Gasteiger partial charge in [0, 0.05) is 26.4 Å². The molecule has 0 saturated carbocycles. The van der Waals surface area contributed by atoms with Crippen LogP contribution in [0.1, 0.15) is 12.5 Å². The van der Waals surface area contributed by atoms with Crippen LogP contribution in [-0.2, 0) is 6.42 Å². The fraction of sp³-hybridized carbons (Fsp3) is 0.500. The minimum Gasteiger partial charge on any atom is -0.396 e. The van der Waals surface area contributed by atoms with Gasteiger partial charge in [-0.2, -0.15) is 0 Å². The van der Waals surface area contributed by atoms with Crippen molar-refractivity contribution >= 4 is 5.69 Å². The number of benzene rings is 1. The molecule has 0 aliphatic carbocycles. The SMILES string of the molecule is C[C@@H](CO)Cc1ccc(N(C)C)cc1. The molecular formula is C12H19NO. The van der Waals surface area contributed by atoms with Crippen LogP contribution in [0.15, 0.2) is 24.3 Å². The number of hydrogen-bond donors (Lipinski definition) is 1. The van der Waals surface area contributed by atoms with Crippen molar-refractivity contribution in [3.8, 4) is 0 Å². The smallest absolute Gasteiger partial charge is 0.0459 e. The van der Waals surface area contributed by atoms with Crippen LogP contribution in [0.3, 0.4) is 0 Å². The standard InChI is InChI=1S/C12H19NO/c1-10(9-14)8-11-4-6-12(7-5-11)13(2)3/h4-7,10,14H,8-9H2,1-3H3/t10-/m1/s1. The van der Waals surface area contributed by atoms with Gasteiger partial charge in [0.15, 0.2) is 0 Å². The molecule has 2 heteroatoms. The van der Waals surface area contributed by atoms with Gasteiger partial charge in [0.2, 0.25) is 0 Å². The molecule has 1 aromatic carbocycles. The summed E-state index contributed by atoms with van der Waals surface area (Å²) in [5.74, 6) is 0.347. The van der Waals surface area contributed by atoms with Gasteiger partial charge in [0.1, 0.15) is 0 Å². The lowest BCUT2D eigenvalue weighted by molar-refractivity contribution is 0.237. The summed E-state index contributed by atoms with van der Waals surface area (Å²) in [4.78, 5) is 2.08. The number of nitrogens with zero attached hydrogens (tertiary/aromatic N) is 1. The van der Waals surface area contributed by atoms with E-state index < -0.39 is 0 Å². The molecule has 0 aliphatic rings. The van der Waals surface area contributed by atoms with Crippen molar-refractivity contribution < 1.29 is 5.11 Å². The highest BCUT2D eigenvalue weighted by atomic mass is 16.3. The number of aliphatic hydroxyl groups is 1. The molecule has 0 saturated heterocycles. The Balaban J connectivity index is 2.64. The zero-order valence-electron chi connectivity index (χ0n) is 9.20. The lowest BCUT2D eigenvalue weighted by Crippen LogP contribution is -2.09. The van der Waals surface area contributed by atoms with Gasteiger partial charge in [0.25, 0.3) is 0 Å². The van der Waals surface area contributed by atoms with Crippen LogP contribution in [0.25, 0.3) is 0 Å². The molecule has 14 heavy (non-hydrogen) atoms. The Bertz CT molecular complexity index is 266. The van der Waals surface area contributed by atoms with Crippen LogP contribution >= 0.6 is 0 Å². The summed E-state index contributed by atoms with van der Waals surface area (Å²) < 4.78 is 0. The van der Waals surface area contributed by atoms with Crippen molar-refractivity contribution in [1.82, 2.24) is 0 Å². The van der Waals surface area contributed by atoms with Crippen molar-refractivity contribution in [1.29, 1.82) is 0 Å². The predicted octanol–water partition coefficient (Wildman–Crippen LogP) is 1.92. The molecule has 0 bridgehead atoms. The van der Waals surface area contributed by atoms with E-state index in [1.54, 1.807) is 0 Å². The maximum absolute atomic E-state index is 8.93. The van der Waals surface area contributed by atoms with Crippen LogP contribution in [0.4, 0.5) is 5.69 Å². The Labute approximate surface area is 86.2 Å². The van der Waals surface area contributed by atoms with E-state index in [1.165, 1.54) is 11.3 Å². The Morgan fingerprint density at radius 1 is 1.21 bits per heavy atom. The number of aliphatic hydroxyl groups excluding tert-OH is 1. The van der Waals surface area contributed by atoms with Crippen LogP contribution < -0.4 is 4.90 Å². The molecule has 0 heterocycles. The normalized spacial score (nSPS) is 12.6. The van der Waals surface area contributed by atoms with Crippen molar-refractivity contribution in [3.63, 3.8) is 0 Å². The molecule has 0 spiro atoms. The van der Waals surface area contributed by atoms with Crippen molar-refractivity contribution in [2.75, 3.05) is 25.6 Å². The summed E-state index contributed by atoms with van der Waals surface area (Å²) in [6.07, 6.45) is 0.949. The fourth-order valence-corrected chi connectivity index (χ4v) is 1.40. The maximum atomic E-state index is 8.93. The van der Waals surface area contributed by atoms with E-state index >= 15 is 0 Å². The molecule has 0 unspecified atom stereocenters. The van der Waals surface area contributed by atoms with Crippen molar-refractivity contribution in [2.24, 2.45) is 5.92 Å². The molecule has 0 amide bonds. The summed E-state index contributed by atoms with van der Waals surface area (Å²) in [6, 6.07) is 8.47. The summed E-state index contributed by atoms with van der Waals surface area (Å²) >= 11 is 0. The minimum atomic E-state index is 0.259. The summed E-state index contributed by atoms with van der Waals surface area (Å²) in [5.41, 5.74) is 2.50. The summed E-state index contributed by atoms with van der Waals surface area (Å²) in [7, 11) is 4.07. The van der Waals surface area contributed by atoms with E-state index in [-0.39, 0.29) is 6.61 Å². The van der Waals surface area contributed by atoms with E-state index in [2.05, 4.69) is 36.1 Å². The molecule has 0 aromatic heterocycles. The maximum Gasteiger partial charge on any atom is 0.0459 e.